The molecule has 35 heavy (non-hydrogen) atoms. The van der Waals surface area contributed by atoms with Crippen LogP contribution in [-0.4, -0.2) is 44.2 Å². The van der Waals surface area contributed by atoms with E-state index in [0.717, 1.165) is 32.1 Å². The van der Waals surface area contributed by atoms with Crippen LogP contribution in [0.15, 0.2) is 24.5 Å². The highest BCUT2D eigenvalue weighted by Gasteiger charge is 2.29. The minimum absolute atomic E-state index is 0.0885. The van der Waals surface area contributed by atoms with Crippen molar-refractivity contribution in [2.24, 2.45) is 11.7 Å². The number of amides is 1. The summed E-state index contributed by atoms with van der Waals surface area (Å²) in [5, 5.41) is 7.85. The molecule has 0 bridgehead atoms. The number of primary amides is 1. The number of nitrogens with zero attached hydrogens (tertiary/aromatic N) is 4. The molecule has 2 aromatic heterocycles. The second-order valence-corrected chi connectivity index (χ2v) is 10.3. The molecule has 1 amide bonds. The fourth-order valence-electron chi connectivity index (χ4n) is 5.08. The summed E-state index contributed by atoms with van der Waals surface area (Å²) in [5.41, 5.74) is 7.67. The van der Waals surface area contributed by atoms with E-state index < -0.39 is 0 Å². The second-order valence-electron chi connectivity index (χ2n) is 9.47. The molecule has 1 aliphatic carbocycles. The number of benzene rings is 1. The van der Waals surface area contributed by atoms with E-state index in [1.165, 1.54) is 0 Å². The number of nitrogens with two attached hydrogens (primary N) is 1. The van der Waals surface area contributed by atoms with E-state index in [4.69, 9.17) is 43.6 Å². The van der Waals surface area contributed by atoms with Crippen molar-refractivity contribution in [3.63, 3.8) is 0 Å². The molecule has 0 radical (unpaired) electrons. The molecule has 5 rings (SSSR count). The SMILES string of the molecule is CC1CC(Nc2nc(Nc3cc(Cl)cc(Cl)c3)c3ncn(C4CCCC(C(N)=O)C4)c3n2)CCO1. The molecule has 11 heteroatoms. The number of nitrogens with one attached hydrogen (secondary N) is 2. The zero-order chi connectivity index (χ0) is 24.5. The zero-order valence-electron chi connectivity index (χ0n) is 19.5. The average molecular weight is 518 g/mol. The Morgan fingerprint density at radius 3 is 2.69 bits per heavy atom. The fraction of sp³-hybridized carbons (Fsp3) is 0.500. The molecule has 9 nitrogen and oxygen atoms in total. The molecule has 186 valence electrons. The lowest BCUT2D eigenvalue weighted by Crippen LogP contribution is -2.33. The fourth-order valence-corrected chi connectivity index (χ4v) is 5.61. The van der Waals surface area contributed by atoms with Crippen LogP contribution in [0.25, 0.3) is 11.2 Å². The first-order chi connectivity index (χ1) is 16.9. The van der Waals surface area contributed by atoms with Gasteiger partial charge in [0.25, 0.3) is 0 Å². The first-order valence-electron chi connectivity index (χ1n) is 12.0. The number of halogens is 2. The van der Waals surface area contributed by atoms with Crippen LogP contribution in [-0.2, 0) is 9.53 Å². The van der Waals surface area contributed by atoms with E-state index in [0.29, 0.717) is 51.7 Å². The summed E-state index contributed by atoms with van der Waals surface area (Å²) in [6.07, 6.45) is 7.07. The van der Waals surface area contributed by atoms with Crippen LogP contribution in [0.3, 0.4) is 0 Å². The minimum Gasteiger partial charge on any atom is -0.378 e. The Kier molecular flexibility index (Phi) is 7.00. The Morgan fingerprint density at radius 1 is 1.14 bits per heavy atom. The zero-order valence-corrected chi connectivity index (χ0v) is 21.0. The number of imidazole rings is 1. The Balaban J connectivity index is 1.53. The lowest BCUT2D eigenvalue weighted by molar-refractivity contribution is -0.123. The molecule has 1 aliphatic heterocycles. The largest absolute Gasteiger partial charge is 0.378 e. The molecule has 1 saturated heterocycles. The van der Waals surface area contributed by atoms with Crippen LogP contribution in [0.1, 0.15) is 51.5 Å². The van der Waals surface area contributed by atoms with Crippen molar-refractivity contribution in [1.29, 1.82) is 0 Å². The lowest BCUT2D eigenvalue weighted by Gasteiger charge is -2.29. The summed E-state index contributed by atoms with van der Waals surface area (Å²) in [6.45, 7) is 2.77. The second kappa shape index (κ2) is 10.2. The molecule has 2 aliphatic rings. The number of hydrogen-bond donors (Lipinski definition) is 3. The molecule has 3 heterocycles. The number of carbonyl (C=O) groups is 1. The van der Waals surface area contributed by atoms with E-state index in [1.807, 2.05) is 0 Å². The Hall–Kier alpha value is -2.62. The van der Waals surface area contributed by atoms with Crippen molar-refractivity contribution < 1.29 is 9.53 Å². The van der Waals surface area contributed by atoms with Gasteiger partial charge in [0, 0.05) is 40.3 Å². The van der Waals surface area contributed by atoms with E-state index in [2.05, 4.69) is 27.1 Å². The van der Waals surface area contributed by atoms with Crippen LogP contribution < -0.4 is 16.4 Å². The Bertz CT molecular complexity index is 1210. The average Bonchev–Trinajstić information content (AvgIpc) is 3.23. The van der Waals surface area contributed by atoms with Crippen LogP contribution in [0, 0.1) is 5.92 Å². The maximum absolute atomic E-state index is 11.9. The van der Waals surface area contributed by atoms with Gasteiger partial charge in [0.05, 0.1) is 12.4 Å². The van der Waals surface area contributed by atoms with Gasteiger partial charge in [-0.3, -0.25) is 4.79 Å². The van der Waals surface area contributed by atoms with Gasteiger partial charge in [0.2, 0.25) is 11.9 Å². The van der Waals surface area contributed by atoms with Gasteiger partial charge in [-0.1, -0.05) is 29.6 Å². The van der Waals surface area contributed by atoms with E-state index in [1.54, 1.807) is 24.5 Å². The van der Waals surface area contributed by atoms with Crippen molar-refractivity contribution in [3.8, 4) is 0 Å². The first-order valence-corrected chi connectivity index (χ1v) is 12.8. The van der Waals surface area contributed by atoms with Gasteiger partial charge in [-0.15, -0.1) is 0 Å². The number of carbonyl (C=O) groups excluding carboxylic acids is 1. The van der Waals surface area contributed by atoms with E-state index >= 15 is 0 Å². The Labute approximate surface area is 213 Å². The summed E-state index contributed by atoms with van der Waals surface area (Å²) in [4.78, 5) is 26.1. The number of rotatable bonds is 6. The standard InChI is InChI=1S/C24H29Cl2N7O2/c1-13-7-17(5-6-35-13)30-24-31-22(29-18-10-15(25)9-16(26)11-18)20-23(32-24)33(12-28-20)19-4-2-3-14(8-19)21(27)34/h9-14,17,19H,2-8H2,1H3,(H2,27,34)(H2,29,30,31,32). The monoisotopic (exact) mass is 517 g/mol. The third-order valence-electron chi connectivity index (χ3n) is 6.81. The predicted molar refractivity (Wildman–Crippen MR) is 137 cm³/mol. The van der Waals surface area contributed by atoms with E-state index in [-0.39, 0.29) is 30.0 Å². The first kappa shape index (κ1) is 24.1. The third-order valence-corrected chi connectivity index (χ3v) is 7.24. The Morgan fingerprint density at radius 2 is 1.94 bits per heavy atom. The van der Waals surface area contributed by atoms with Gasteiger partial charge in [-0.05, 0) is 57.2 Å². The quantitative estimate of drug-likeness (QED) is 0.417. The number of anilines is 3. The molecular formula is C24H29Cl2N7O2. The van der Waals surface area contributed by atoms with Crippen molar-refractivity contribution in [3.05, 3.63) is 34.6 Å². The van der Waals surface area contributed by atoms with Gasteiger partial charge in [-0.2, -0.15) is 9.97 Å². The summed E-state index contributed by atoms with van der Waals surface area (Å²) in [7, 11) is 0. The summed E-state index contributed by atoms with van der Waals surface area (Å²) in [6, 6.07) is 5.53. The highest BCUT2D eigenvalue weighted by molar-refractivity contribution is 6.35. The highest BCUT2D eigenvalue weighted by atomic mass is 35.5. The highest BCUT2D eigenvalue weighted by Crippen LogP contribution is 2.36. The topological polar surface area (TPSA) is 120 Å². The molecule has 1 aromatic carbocycles. The smallest absolute Gasteiger partial charge is 0.227 e. The molecular weight excluding hydrogens is 489 g/mol. The number of fused-ring (bicyclic) bond motifs is 1. The molecule has 1 saturated carbocycles. The molecule has 2 fully saturated rings. The van der Waals surface area contributed by atoms with Crippen LogP contribution >= 0.6 is 23.2 Å². The van der Waals surface area contributed by atoms with Crippen LogP contribution in [0.4, 0.5) is 17.5 Å². The molecule has 4 atom stereocenters. The third kappa shape index (κ3) is 5.47. The number of hydrogen-bond acceptors (Lipinski definition) is 7. The maximum atomic E-state index is 11.9. The molecule has 4 N–H and O–H groups in total. The van der Waals surface area contributed by atoms with Crippen molar-refractivity contribution in [1.82, 2.24) is 19.5 Å². The lowest BCUT2D eigenvalue weighted by atomic mass is 9.85. The minimum atomic E-state index is -0.245. The normalized spacial score (nSPS) is 24.9. The molecule has 4 unspecified atom stereocenters. The molecule has 0 spiro atoms. The van der Waals surface area contributed by atoms with Crippen molar-refractivity contribution >= 4 is 57.7 Å². The van der Waals surface area contributed by atoms with Crippen molar-refractivity contribution in [2.45, 2.75) is 63.6 Å². The summed E-state index contributed by atoms with van der Waals surface area (Å²) >= 11 is 12.4. The number of ether oxygens (including phenoxy) is 1. The van der Waals surface area contributed by atoms with E-state index in [9.17, 15) is 4.79 Å². The number of aromatic nitrogens is 4. The maximum Gasteiger partial charge on any atom is 0.227 e. The van der Waals surface area contributed by atoms with Gasteiger partial charge in [-0.25, -0.2) is 4.98 Å². The van der Waals surface area contributed by atoms with Crippen LogP contribution in [0.5, 0.6) is 0 Å². The van der Waals surface area contributed by atoms with Gasteiger partial charge in [0.1, 0.15) is 0 Å². The van der Waals surface area contributed by atoms with Crippen molar-refractivity contribution in [2.75, 3.05) is 17.2 Å². The van der Waals surface area contributed by atoms with Gasteiger partial charge < -0.3 is 25.7 Å². The van der Waals surface area contributed by atoms with Gasteiger partial charge >= 0.3 is 0 Å². The predicted octanol–water partition coefficient (Wildman–Crippen LogP) is 5.07. The summed E-state index contributed by atoms with van der Waals surface area (Å²) < 4.78 is 7.74. The van der Waals surface area contributed by atoms with Crippen LogP contribution in [0.2, 0.25) is 10.0 Å². The molecule has 3 aromatic rings. The summed E-state index contributed by atoms with van der Waals surface area (Å²) in [5.74, 6) is 0.679. The van der Waals surface area contributed by atoms with Gasteiger partial charge in [0.15, 0.2) is 17.0 Å².